The van der Waals surface area contributed by atoms with Crippen LogP contribution in [-0.2, 0) is 0 Å². The summed E-state index contributed by atoms with van der Waals surface area (Å²) < 4.78 is 22.8. The van der Waals surface area contributed by atoms with Gasteiger partial charge in [-0.25, -0.2) is 0 Å². The molecule has 24 heavy (non-hydrogen) atoms. The van der Waals surface area contributed by atoms with Crippen molar-refractivity contribution in [2.24, 2.45) is 0 Å². The van der Waals surface area contributed by atoms with E-state index in [9.17, 15) is 0 Å². The molecule has 0 aliphatic carbocycles. The number of ether oxygens (including phenoxy) is 1. The second-order valence-corrected chi connectivity index (χ2v) is 5.79. The lowest BCUT2D eigenvalue weighted by Crippen LogP contribution is -2.02. The standard InChI is InChI=1S/C19H17O4P/c1-20-16-12-14-19(15-13-16)23-24(21-17-8-4-2-5-9-17)22-18-10-6-3-7-11-18/h2-15H,1H3. The summed E-state index contributed by atoms with van der Waals surface area (Å²) in [6, 6.07) is 26.2. The third kappa shape index (κ3) is 4.64. The van der Waals surface area contributed by atoms with Gasteiger partial charge in [-0.2, -0.15) is 0 Å². The Kier molecular flexibility index (Phi) is 5.54. The monoisotopic (exact) mass is 340 g/mol. The van der Waals surface area contributed by atoms with Crippen molar-refractivity contribution in [3.05, 3.63) is 84.9 Å². The van der Waals surface area contributed by atoms with E-state index < -0.39 is 8.60 Å². The molecule has 0 aliphatic rings. The highest BCUT2D eigenvalue weighted by atomic mass is 31.2. The first kappa shape index (κ1) is 16.2. The van der Waals surface area contributed by atoms with Crippen LogP contribution >= 0.6 is 8.60 Å². The summed E-state index contributed by atoms with van der Waals surface area (Å²) in [6.07, 6.45) is 0. The van der Waals surface area contributed by atoms with E-state index in [0.29, 0.717) is 17.2 Å². The molecule has 3 rings (SSSR count). The highest BCUT2D eigenvalue weighted by Gasteiger charge is 2.19. The predicted octanol–water partition coefficient (Wildman–Crippen LogP) is 5.46. The molecule has 0 N–H and O–H groups in total. The number of hydrogen-bond donors (Lipinski definition) is 0. The zero-order valence-corrected chi connectivity index (χ0v) is 14.1. The third-order valence-corrected chi connectivity index (χ3v) is 4.17. The van der Waals surface area contributed by atoms with Gasteiger partial charge in [0.05, 0.1) is 7.11 Å². The number of methoxy groups -OCH3 is 1. The zero-order valence-electron chi connectivity index (χ0n) is 13.2. The number of rotatable bonds is 7. The van der Waals surface area contributed by atoms with E-state index in [2.05, 4.69) is 0 Å². The SMILES string of the molecule is COc1ccc(OP(Oc2ccccc2)Oc2ccccc2)cc1. The summed E-state index contributed by atoms with van der Waals surface area (Å²) >= 11 is 0. The van der Waals surface area contributed by atoms with Crippen molar-refractivity contribution in [3.8, 4) is 23.0 Å². The van der Waals surface area contributed by atoms with E-state index in [-0.39, 0.29) is 0 Å². The summed E-state index contributed by atoms with van der Waals surface area (Å²) in [5.41, 5.74) is 0. The van der Waals surface area contributed by atoms with E-state index >= 15 is 0 Å². The quantitative estimate of drug-likeness (QED) is 0.535. The van der Waals surface area contributed by atoms with Crippen LogP contribution in [0.25, 0.3) is 0 Å². The Morgan fingerprint density at radius 3 is 1.29 bits per heavy atom. The Morgan fingerprint density at radius 1 is 0.500 bits per heavy atom. The van der Waals surface area contributed by atoms with E-state index in [4.69, 9.17) is 18.3 Å². The van der Waals surface area contributed by atoms with Gasteiger partial charge in [-0.3, -0.25) is 0 Å². The molecule has 3 aromatic carbocycles. The lowest BCUT2D eigenvalue weighted by molar-refractivity contribution is 0.386. The van der Waals surface area contributed by atoms with Gasteiger partial charge < -0.3 is 18.3 Å². The molecule has 0 fully saturated rings. The maximum absolute atomic E-state index is 5.89. The van der Waals surface area contributed by atoms with Gasteiger partial charge in [0.2, 0.25) is 0 Å². The molecule has 0 aromatic heterocycles. The van der Waals surface area contributed by atoms with Crippen LogP contribution in [0.15, 0.2) is 84.9 Å². The molecule has 0 amide bonds. The third-order valence-electron chi connectivity index (χ3n) is 3.09. The van der Waals surface area contributed by atoms with Gasteiger partial charge in [-0.05, 0) is 48.5 Å². The summed E-state index contributed by atoms with van der Waals surface area (Å²) in [4.78, 5) is 0. The molecule has 4 nitrogen and oxygen atoms in total. The largest absolute Gasteiger partial charge is 0.530 e. The minimum atomic E-state index is -1.64. The second-order valence-electron chi connectivity index (χ2n) is 4.80. The van der Waals surface area contributed by atoms with Crippen molar-refractivity contribution >= 4 is 8.60 Å². The van der Waals surface area contributed by atoms with Gasteiger partial charge in [-0.15, -0.1) is 0 Å². The van der Waals surface area contributed by atoms with Gasteiger partial charge in [0, 0.05) is 0 Å². The van der Waals surface area contributed by atoms with E-state index in [1.165, 1.54) is 0 Å². The minimum absolute atomic E-state index is 0.647. The molecule has 0 saturated carbocycles. The fourth-order valence-corrected chi connectivity index (χ4v) is 2.91. The molecule has 0 aliphatic heterocycles. The van der Waals surface area contributed by atoms with Crippen molar-refractivity contribution in [2.75, 3.05) is 7.11 Å². The van der Waals surface area contributed by atoms with Crippen molar-refractivity contribution in [1.29, 1.82) is 0 Å². The summed E-state index contributed by atoms with van der Waals surface area (Å²) in [5.74, 6) is 2.79. The van der Waals surface area contributed by atoms with Crippen LogP contribution in [0, 0.1) is 0 Å². The lowest BCUT2D eigenvalue weighted by Gasteiger charge is -2.18. The molecule has 0 atom stereocenters. The Labute approximate surface area is 142 Å². The number of hydrogen-bond acceptors (Lipinski definition) is 4. The van der Waals surface area contributed by atoms with Gasteiger partial charge in [-0.1, -0.05) is 36.4 Å². The van der Waals surface area contributed by atoms with Crippen molar-refractivity contribution in [2.45, 2.75) is 0 Å². The van der Waals surface area contributed by atoms with Gasteiger partial charge in [0.15, 0.2) is 0 Å². The van der Waals surface area contributed by atoms with Crippen LogP contribution < -0.4 is 18.3 Å². The Morgan fingerprint density at radius 2 is 0.875 bits per heavy atom. The van der Waals surface area contributed by atoms with Crippen LogP contribution in [0.4, 0.5) is 0 Å². The Balaban J connectivity index is 1.75. The summed E-state index contributed by atoms with van der Waals surface area (Å²) in [5, 5.41) is 0. The maximum Gasteiger partial charge on any atom is 0.530 e. The van der Waals surface area contributed by atoms with Crippen molar-refractivity contribution in [3.63, 3.8) is 0 Å². The second kappa shape index (κ2) is 8.23. The molecular formula is C19H17O4P. The minimum Gasteiger partial charge on any atom is -0.497 e. The van der Waals surface area contributed by atoms with Crippen LogP contribution in [0.1, 0.15) is 0 Å². The predicted molar refractivity (Wildman–Crippen MR) is 94.7 cm³/mol. The summed E-state index contributed by atoms with van der Waals surface area (Å²) in [6.45, 7) is 0. The first-order valence-corrected chi connectivity index (χ1v) is 8.51. The van der Waals surface area contributed by atoms with E-state index in [0.717, 1.165) is 5.75 Å². The average Bonchev–Trinajstić information content (AvgIpc) is 2.64. The topological polar surface area (TPSA) is 36.9 Å². The fraction of sp³-hybridized carbons (Fsp3) is 0.0526. The normalized spacial score (nSPS) is 10.2. The Hall–Kier alpha value is -2.71. The lowest BCUT2D eigenvalue weighted by atomic mass is 10.3. The molecule has 5 heteroatoms. The average molecular weight is 340 g/mol. The number of para-hydroxylation sites is 2. The van der Waals surface area contributed by atoms with E-state index in [1.807, 2.05) is 84.9 Å². The van der Waals surface area contributed by atoms with Crippen LogP contribution in [0.5, 0.6) is 23.0 Å². The number of benzene rings is 3. The first-order valence-electron chi connectivity index (χ1n) is 7.42. The van der Waals surface area contributed by atoms with E-state index in [1.54, 1.807) is 7.11 Å². The molecule has 122 valence electrons. The van der Waals surface area contributed by atoms with Crippen molar-refractivity contribution < 1.29 is 18.3 Å². The molecule has 0 saturated heterocycles. The molecule has 0 unspecified atom stereocenters. The highest BCUT2D eigenvalue weighted by Crippen LogP contribution is 2.42. The van der Waals surface area contributed by atoms with Crippen LogP contribution in [0.3, 0.4) is 0 Å². The van der Waals surface area contributed by atoms with Crippen LogP contribution in [-0.4, -0.2) is 7.11 Å². The zero-order chi connectivity index (χ0) is 16.6. The van der Waals surface area contributed by atoms with Gasteiger partial charge >= 0.3 is 8.60 Å². The molecule has 0 heterocycles. The first-order chi connectivity index (χ1) is 11.8. The smallest absolute Gasteiger partial charge is 0.497 e. The molecule has 0 radical (unpaired) electrons. The molecule has 0 bridgehead atoms. The fourth-order valence-electron chi connectivity index (χ4n) is 1.91. The molecule has 0 spiro atoms. The summed E-state index contributed by atoms with van der Waals surface area (Å²) in [7, 11) is -0.0194. The molecular weight excluding hydrogens is 323 g/mol. The van der Waals surface area contributed by atoms with Gasteiger partial charge in [0.25, 0.3) is 0 Å². The van der Waals surface area contributed by atoms with Crippen LogP contribution in [0.2, 0.25) is 0 Å². The maximum atomic E-state index is 5.89. The van der Waals surface area contributed by atoms with Crippen molar-refractivity contribution in [1.82, 2.24) is 0 Å². The highest BCUT2D eigenvalue weighted by molar-refractivity contribution is 7.43. The Bertz CT molecular complexity index is 691. The molecule has 3 aromatic rings. The van der Waals surface area contributed by atoms with Gasteiger partial charge in [0.1, 0.15) is 23.0 Å².